The molecule has 2 aromatic heterocycles. The van der Waals surface area contributed by atoms with Crippen molar-refractivity contribution in [2.45, 2.75) is 26.4 Å². The lowest BCUT2D eigenvalue weighted by atomic mass is 10.1. The summed E-state index contributed by atoms with van der Waals surface area (Å²) in [5, 5.41) is 7.65. The van der Waals surface area contributed by atoms with E-state index >= 15 is 0 Å². The van der Waals surface area contributed by atoms with Gasteiger partial charge in [-0.25, -0.2) is 0 Å². The average Bonchev–Trinajstić information content (AvgIpc) is 2.81. The Kier molecular flexibility index (Phi) is 4.33. The normalized spacial score (nSPS) is 12.9. The summed E-state index contributed by atoms with van der Waals surface area (Å²) in [5.74, 6) is 0. The Labute approximate surface area is 121 Å². The van der Waals surface area contributed by atoms with Crippen LogP contribution in [0.5, 0.6) is 0 Å². The van der Waals surface area contributed by atoms with Crippen LogP contribution < -0.4 is 5.32 Å². The van der Waals surface area contributed by atoms with Crippen molar-refractivity contribution >= 4 is 34.5 Å². The Morgan fingerprint density at radius 2 is 2.22 bits per heavy atom. The molecule has 1 unspecified atom stereocenters. The summed E-state index contributed by atoms with van der Waals surface area (Å²) in [6.07, 6.45) is 1.89. The van der Waals surface area contributed by atoms with Crippen LogP contribution >= 0.6 is 34.5 Å². The van der Waals surface area contributed by atoms with Gasteiger partial charge in [0.1, 0.15) is 0 Å². The number of aryl methyl sites for hydroxylation is 1. The smallest absolute Gasteiger partial charge is 0.0991 e. The third-order valence-corrected chi connectivity index (χ3v) is 4.60. The Morgan fingerprint density at radius 1 is 1.50 bits per heavy atom. The highest BCUT2D eigenvalue weighted by Gasteiger charge is 2.13. The Morgan fingerprint density at radius 3 is 2.72 bits per heavy atom. The van der Waals surface area contributed by atoms with E-state index in [0.717, 1.165) is 20.8 Å². The second-order valence-electron chi connectivity index (χ2n) is 4.26. The molecule has 3 nitrogen and oxygen atoms in total. The van der Waals surface area contributed by atoms with E-state index in [-0.39, 0.29) is 6.04 Å². The zero-order chi connectivity index (χ0) is 13.3. The standard InChI is InChI=1S/C12H15Cl2N3S/c1-7(10-4-11(13)18-12(10)14)15-5-9-6-16-17(3)8(9)2/h4,6-7,15H,5H2,1-3H3. The van der Waals surface area contributed by atoms with Crippen LogP contribution in [0.25, 0.3) is 0 Å². The number of hydrogen-bond donors (Lipinski definition) is 1. The molecule has 98 valence electrons. The average molecular weight is 304 g/mol. The topological polar surface area (TPSA) is 29.9 Å². The highest BCUT2D eigenvalue weighted by Crippen LogP contribution is 2.34. The van der Waals surface area contributed by atoms with Gasteiger partial charge in [0.15, 0.2) is 0 Å². The molecule has 0 aliphatic rings. The lowest BCUT2D eigenvalue weighted by Crippen LogP contribution is -2.18. The van der Waals surface area contributed by atoms with Crippen LogP contribution in [-0.2, 0) is 13.6 Å². The van der Waals surface area contributed by atoms with Gasteiger partial charge in [0.2, 0.25) is 0 Å². The number of hydrogen-bond acceptors (Lipinski definition) is 3. The van der Waals surface area contributed by atoms with Crippen molar-refractivity contribution in [2.24, 2.45) is 7.05 Å². The van der Waals surface area contributed by atoms with Gasteiger partial charge in [-0.3, -0.25) is 4.68 Å². The van der Waals surface area contributed by atoms with Crippen molar-refractivity contribution in [2.75, 3.05) is 0 Å². The van der Waals surface area contributed by atoms with Gasteiger partial charge < -0.3 is 5.32 Å². The number of nitrogens with one attached hydrogen (secondary N) is 1. The molecule has 0 radical (unpaired) electrons. The summed E-state index contributed by atoms with van der Waals surface area (Å²) >= 11 is 13.5. The van der Waals surface area contributed by atoms with Crippen LogP contribution in [-0.4, -0.2) is 9.78 Å². The molecule has 2 heterocycles. The number of thiophene rings is 1. The Balaban J connectivity index is 2.02. The van der Waals surface area contributed by atoms with E-state index in [1.54, 1.807) is 0 Å². The summed E-state index contributed by atoms with van der Waals surface area (Å²) in [7, 11) is 1.94. The van der Waals surface area contributed by atoms with E-state index in [1.165, 1.54) is 22.6 Å². The summed E-state index contributed by atoms with van der Waals surface area (Å²) in [4.78, 5) is 0. The van der Waals surface area contributed by atoms with E-state index in [9.17, 15) is 0 Å². The van der Waals surface area contributed by atoms with Crippen molar-refractivity contribution < 1.29 is 0 Å². The molecule has 1 N–H and O–H groups in total. The molecule has 18 heavy (non-hydrogen) atoms. The van der Waals surface area contributed by atoms with Gasteiger partial charge in [-0.05, 0) is 25.5 Å². The van der Waals surface area contributed by atoms with E-state index < -0.39 is 0 Å². The number of nitrogens with zero attached hydrogens (tertiary/aromatic N) is 2. The molecule has 2 rings (SSSR count). The van der Waals surface area contributed by atoms with Crippen LogP contribution in [0.15, 0.2) is 12.3 Å². The summed E-state index contributed by atoms with van der Waals surface area (Å²) in [6, 6.07) is 2.09. The first-order valence-corrected chi connectivity index (χ1v) is 7.22. The molecule has 0 aliphatic heterocycles. The second-order valence-corrected chi connectivity index (χ2v) is 6.55. The molecule has 0 spiro atoms. The first-order chi connectivity index (χ1) is 8.49. The maximum absolute atomic E-state index is 6.13. The maximum atomic E-state index is 6.13. The maximum Gasteiger partial charge on any atom is 0.0991 e. The molecule has 1 atom stereocenters. The quantitative estimate of drug-likeness (QED) is 0.927. The van der Waals surface area contributed by atoms with Gasteiger partial charge in [-0.2, -0.15) is 5.10 Å². The van der Waals surface area contributed by atoms with E-state index in [2.05, 4.69) is 24.3 Å². The second kappa shape index (κ2) is 5.61. The summed E-state index contributed by atoms with van der Waals surface area (Å²) in [5.41, 5.74) is 3.42. The van der Waals surface area contributed by atoms with Crippen molar-refractivity contribution in [1.82, 2.24) is 15.1 Å². The molecular formula is C12H15Cl2N3S. The molecule has 6 heteroatoms. The molecule has 0 fully saturated rings. The number of halogens is 2. The van der Waals surface area contributed by atoms with Crippen LogP contribution in [0.4, 0.5) is 0 Å². The minimum Gasteiger partial charge on any atom is -0.306 e. The van der Waals surface area contributed by atoms with Gasteiger partial charge in [-0.1, -0.05) is 23.2 Å². The minimum absolute atomic E-state index is 0.167. The molecule has 0 bridgehead atoms. The fourth-order valence-electron chi connectivity index (χ4n) is 1.74. The Hall–Kier alpha value is -0.550. The zero-order valence-corrected chi connectivity index (χ0v) is 12.8. The number of aromatic nitrogens is 2. The third kappa shape index (κ3) is 2.88. The third-order valence-electron chi connectivity index (χ3n) is 3.09. The SMILES string of the molecule is Cc1c(CNC(C)c2cc(Cl)sc2Cl)cnn1C. The van der Waals surface area contributed by atoms with Crippen molar-refractivity contribution in [1.29, 1.82) is 0 Å². The van der Waals surface area contributed by atoms with Crippen LogP contribution in [0.2, 0.25) is 8.67 Å². The highest BCUT2D eigenvalue weighted by molar-refractivity contribution is 7.20. The van der Waals surface area contributed by atoms with Crippen molar-refractivity contribution in [3.8, 4) is 0 Å². The van der Waals surface area contributed by atoms with Crippen LogP contribution in [0.1, 0.15) is 29.8 Å². The Bertz CT molecular complexity index is 548. The monoisotopic (exact) mass is 303 g/mol. The predicted octanol–water partition coefficient (Wildman–Crippen LogP) is 3.95. The summed E-state index contributed by atoms with van der Waals surface area (Å²) in [6.45, 7) is 4.91. The zero-order valence-electron chi connectivity index (χ0n) is 10.5. The lowest BCUT2D eigenvalue weighted by Gasteiger charge is -2.12. The fraction of sp³-hybridized carbons (Fsp3) is 0.417. The fourth-order valence-corrected chi connectivity index (χ4v) is 3.38. The highest BCUT2D eigenvalue weighted by atomic mass is 35.5. The van der Waals surface area contributed by atoms with Gasteiger partial charge >= 0.3 is 0 Å². The van der Waals surface area contributed by atoms with Gasteiger partial charge in [0.05, 0.1) is 14.9 Å². The summed E-state index contributed by atoms with van der Waals surface area (Å²) < 4.78 is 3.35. The van der Waals surface area contributed by atoms with Gasteiger partial charge in [-0.15, -0.1) is 11.3 Å². The molecular weight excluding hydrogens is 289 g/mol. The van der Waals surface area contributed by atoms with E-state index in [1.807, 2.05) is 24.0 Å². The molecule has 0 saturated heterocycles. The van der Waals surface area contributed by atoms with Crippen molar-refractivity contribution in [3.05, 3.63) is 37.8 Å². The molecule has 2 aromatic rings. The van der Waals surface area contributed by atoms with Crippen LogP contribution in [0.3, 0.4) is 0 Å². The molecule has 0 saturated carbocycles. The molecule has 0 aromatic carbocycles. The van der Waals surface area contributed by atoms with E-state index in [0.29, 0.717) is 0 Å². The molecule has 0 amide bonds. The molecule has 0 aliphatic carbocycles. The largest absolute Gasteiger partial charge is 0.306 e. The van der Waals surface area contributed by atoms with Crippen LogP contribution in [0, 0.1) is 6.92 Å². The predicted molar refractivity (Wildman–Crippen MR) is 77.5 cm³/mol. The van der Waals surface area contributed by atoms with Gasteiger partial charge in [0.25, 0.3) is 0 Å². The van der Waals surface area contributed by atoms with Crippen molar-refractivity contribution in [3.63, 3.8) is 0 Å². The number of rotatable bonds is 4. The van der Waals surface area contributed by atoms with Gasteiger partial charge in [0, 0.05) is 30.9 Å². The first kappa shape index (κ1) is 13.9. The van der Waals surface area contributed by atoms with E-state index in [4.69, 9.17) is 23.2 Å². The first-order valence-electron chi connectivity index (χ1n) is 5.64. The lowest BCUT2D eigenvalue weighted by molar-refractivity contribution is 0.574. The minimum atomic E-state index is 0.167.